The second kappa shape index (κ2) is 2.35. The molecule has 8 heavy (non-hydrogen) atoms. The predicted molar refractivity (Wildman–Crippen MR) is 31.8 cm³/mol. The van der Waals surface area contributed by atoms with Gasteiger partial charge in [-0.15, -0.1) is 0 Å². The molecule has 1 unspecified atom stereocenters. The van der Waals surface area contributed by atoms with E-state index in [0.717, 1.165) is 11.8 Å². The summed E-state index contributed by atoms with van der Waals surface area (Å²) in [6.45, 7) is 0.244. The minimum absolute atomic E-state index is 0.244. The van der Waals surface area contributed by atoms with Gasteiger partial charge in [-0.3, -0.25) is 0 Å². The first kappa shape index (κ1) is 5.88. The number of rotatable bonds is 0. The molecule has 0 aromatic heterocycles. The normalized spacial score (nSPS) is 27.8. The molecule has 46 valence electrons. The van der Waals surface area contributed by atoms with Crippen LogP contribution in [0.4, 0.5) is 4.39 Å². The van der Waals surface area contributed by atoms with E-state index >= 15 is 0 Å². The van der Waals surface area contributed by atoms with Gasteiger partial charge in [0.25, 0.3) is 0 Å². The fourth-order valence-corrected chi connectivity index (χ4v) is 1.06. The van der Waals surface area contributed by atoms with Crippen LogP contribution in [-0.2, 0) is 4.74 Å². The van der Waals surface area contributed by atoms with Crippen molar-refractivity contribution in [2.75, 3.05) is 13.7 Å². The van der Waals surface area contributed by atoms with Crippen LogP contribution in [0.2, 0.25) is 0 Å². The average Bonchev–Trinajstić information content (AvgIpc) is 2.14. The predicted octanol–water partition coefficient (Wildman–Crippen LogP) is 1.03. The molecule has 0 saturated carbocycles. The van der Waals surface area contributed by atoms with Gasteiger partial charge in [-0.05, 0) is 11.8 Å². The molecular formula is C4H6FNOS. The zero-order valence-corrected chi connectivity index (χ0v) is 5.24. The Morgan fingerprint density at radius 1 is 2.00 bits per heavy atom. The smallest absolute Gasteiger partial charge is 0.248 e. The third-order valence-electron chi connectivity index (χ3n) is 0.767. The average molecular weight is 135 g/mol. The molecule has 0 radical (unpaired) electrons. The van der Waals surface area contributed by atoms with Crippen molar-refractivity contribution >= 4 is 17.0 Å². The Bertz CT molecular complexity index is 117. The van der Waals surface area contributed by atoms with Crippen LogP contribution in [0.5, 0.6) is 0 Å². The number of hydrogen-bond donors (Lipinski definition) is 0. The lowest BCUT2D eigenvalue weighted by Crippen LogP contribution is -1.92. The Labute approximate surface area is 51.1 Å². The van der Waals surface area contributed by atoms with E-state index in [1.807, 2.05) is 0 Å². The lowest BCUT2D eigenvalue weighted by Gasteiger charge is -1.93. The molecule has 1 aliphatic heterocycles. The molecule has 1 aliphatic rings. The van der Waals surface area contributed by atoms with E-state index in [4.69, 9.17) is 0 Å². The maximum atomic E-state index is 12.1. The number of nitrogens with zero attached hydrogens (tertiary/aromatic N) is 1. The highest BCUT2D eigenvalue weighted by molar-refractivity contribution is 8.14. The molecule has 2 nitrogen and oxygen atoms in total. The zero-order valence-electron chi connectivity index (χ0n) is 4.43. The van der Waals surface area contributed by atoms with E-state index in [0.29, 0.717) is 5.23 Å². The van der Waals surface area contributed by atoms with Gasteiger partial charge in [-0.1, -0.05) is 0 Å². The molecule has 0 amide bonds. The molecule has 0 spiro atoms. The van der Waals surface area contributed by atoms with Gasteiger partial charge in [-0.2, -0.15) is 0 Å². The van der Waals surface area contributed by atoms with Gasteiger partial charge in [0.15, 0.2) is 5.50 Å². The Hall–Kier alpha value is -0.250. The van der Waals surface area contributed by atoms with Crippen LogP contribution in [0.15, 0.2) is 4.99 Å². The summed E-state index contributed by atoms with van der Waals surface area (Å²) in [6, 6.07) is 0. The van der Waals surface area contributed by atoms with Crippen LogP contribution in [0.25, 0.3) is 0 Å². The molecule has 0 saturated heterocycles. The van der Waals surface area contributed by atoms with E-state index < -0.39 is 5.50 Å². The fourth-order valence-electron chi connectivity index (χ4n) is 0.443. The number of hydrogen-bond acceptors (Lipinski definition) is 3. The van der Waals surface area contributed by atoms with Crippen molar-refractivity contribution in [1.29, 1.82) is 0 Å². The molecule has 4 heteroatoms. The Morgan fingerprint density at radius 3 is 3.00 bits per heavy atom. The maximum Gasteiger partial charge on any atom is 0.248 e. The molecule has 0 aromatic rings. The van der Waals surface area contributed by atoms with Crippen molar-refractivity contribution in [3.05, 3.63) is 0 Å². The number of alkyl halides is 1. The lowest BCUT2D eigenvalue weighted by molar-refractivity contribution is 0.415. The summed E-state index contributed by atoms with van der Waals surface area (Å²) in [5.74, 6) is 0. The maximum absolute atomic E-state index is 12.1. The van der Waals surface area contributed by atoms with E-state index in [1.165, 1.54) is 7.11 Å². The van der Waals surface area contributed by atoms with Crippen LogP contribution < -0.4 is 0 Å². The van der Waals surface area contributed by atoms with Crippen molar-refractivity contribution < 1.29 is 9.13 Å². The Kier molecular flexibility index (Phi) is 1.73. The van der Waals surface area contributed by atoms with Crippen molar-refractivity contribution in [2.45, 2.75) is 5.50 Å². The lowest BCUT2D eigenvalue weighted by atomic mass is 10.8. The first-order valence-corrected chi connectivity index (χ1v) is 3.10. The van der Waals surface area contributed by atoms with Crippen molar-refractivity contribution in [1.82, 2.24) is 0 Å². The Balaban J connectivity index is 2.37. The van der Waals surface area contributed by atoms with E-state index in [-0.39, 0.29) is 6.54 Å². The highest BCUT2D eigenvalue weighted by Gasteiger charge is 2.18. The Morgan fingerprint density at radius 2 is 2.75 bits per heavy atom. The summed E-state index contributed by atoms with van der Waals surface area (Å²) in [4.78, 5) is 3.72. The molecule has 1 atom stereocenters. The summed E-state index contributed by atoms with van der Waals surface area (Å²) >= 11 is 1.03. The van der Waals surface area contributed by atoms with Gasteiger partial charge in [0.1, 0.15) is 0 Å². The molecule has 0 aromatic carbocycles. The number of aliphatic imine (C=N–C) groups is 1. The minimum atomic E-state index is -0.884. The molecule has 1 heterocycles. The van der Waals surface area contributed by atoms with Gasteiger partial charge in [-0.25, -0.2) is 9.38 Å². The second-order valence-corrected chi connectivity index (χ2v) is 2.44. The standard InChI is InChI=1S/C4H6FNOS/c1-7-4-6-2-3(5)8-4/h3H,2H2,1H3. The van der Waals surface area contributed by atoms with Crippen molar-refractivity contribution in [3.63, 3.8) is 0 Å². The number of thioether (sulfide) groups is 1. The van der Waals surface area contributed by atoms with Crippen LogP contribution >= 0.6 is 11.8 Å². The summed E-state index contributed by atoms with van der Waals surface area (Å²) in [5, 5.41) is 0.456. The van der Waals surface area contributed by atoms with Gasteiger partial charge < -0.3 is 4.74 Å². The number of methoxy groups -OCH3 is 1. The fraction of sp³-hybridized carbons (Fsp3) is 0.750. The molecular weight excluding hydrogens is 129 g/mol. The van der Waals surface area contributed by atoms with Gasteiger partial charge in [0, 0.05) is 0 Å². The summed E-state index contributed by atoms with van der Waals surface area (Å²) in [5.41, 5.74) is -0.884. The molecule has 0 aliphatic carbocycles. The van der Waals surface area contributed by atoms with E-state index in [2.05, 4.69) is 9.73 Å². The summed E-state index contributed by atoms with van der Waals surface area (Å²) in [7, 11) is 1.49. The third kappa shape index (κ3) is 1.12. The quantitative estimate of drug-likeness (QED) is 0.494. The largest absolute Gasteiger partial charge is 0.476 e. The van der Waals surface area contributed by atoms with Crippen molar-refractivity contribution in [2.24, 2.45) is 4.99 Å². The summed E-state index contributed by atoms with van der Waals surface area (Å²) in [6.07, 6.45) is 0. The van der Waals surface area contributed by atoms with Crippen LogP contribution in [0, 0.1) is 0 Å². The first-order valence-electron chi connectivity index (χ1n) is 2.22. The highest BCUT2D eigenvalue weighted by atomic mass is 32.2. The highest BCUT2D eigenvalue weighted by Crippen LogP contribution is 2.21. The van der Waals surface area contributed by atoms with Gasteiger partial charge in [0.05, 0.1) is 13.7 Å². The summed E-state index contributed by atoms with van der Waals surface area (Å²) < 4.78 is 16.8. The zero-order chi connectivity index (χ0) is 5.98. The molecule has 0 fully saturated rings. The van der Waals surface area contributed by atoms with Crippen molar-refractivity contribution in [3.8, 4) is 0 Å². The van der Waals surface area contributed by atoms with Gasteiger partial charge >= 0.3 is 0 Å². The van der Waals surface area contributed by atoms with Gasteiger partial charge in [0.2, 0.25) is 5.23 Å². The SMILES string of the molecule is COC1=NCC(F)S1. The van der Waals surface area contributed by atoms with Crippen LogP contribution in [-0.4, -0.2) is 24.4 Å². The monoisotopic (exact) mass is 135 g/mol. The number of ether oxygens (including phenoxy) is 1. The third-order valence-corrected chi connectivity index (χ3v) is 1.67. The van der Waals surface area contributed by atoms with E-state index in [1.54, 1.807) is 0 Å². The van der Waals surface area contributed by atoms with Crippen LogP contribution in [0.3, 0.4) is 0 Å². The molecule has 0 N–H and O–H groups in total. The second-order valence-electron chi connectivity index (χ2n) is 1.34. The molecule has 1 rings (SSSR count). The van der Waals surface area contributed by atoms with Crippen LogP contribution in [0.1, 0.15) is 0 Å². The topological polar surface area (TPSA) is 21.6 Å². The first-order chi connectivity index (χ1) is 3.83. The molecule has 0 bridgehead atoms. The van der Waals surface area contributed by atoms with E-state index in [9.17, 15) is 4.39 Å². The minimum Gasteiger partial charge on any atom is -0.476 e. The number of halogens is 1.